The summed E-state index contributed by atoms with van der Waals surface area (Å²) < 4.78 is 5.35. The Labute approximate surface area is 337 Å². The highest BCUT2D eigenvalue weighted by atomic mass is 32.1. The predicted molar refractivity (Wildman–Crippen MR) is 248 cm³/mol. The Morgan fingerprint density at radius 3 is 1.40 bits per heavy atom. The van der Waals surface area contributed by atoms with E-state index in [9.17, 15) is 0 Å². The smallest absolute Gasteiger partial charge is 0.0708 e. The topological polar surface area (TPSA) is 16.1 Å². The number of hydrogen-bond acceptors (Lipinski definition) is 4. The summed E-state index contributed by atoms with van der Waals surface area (Å²) in [5, 5.41) is 12.7. The van der Waals surface area contributed by atoms with Crippen LogP contribution in [0, 0.1) is 0 Å². The van der Waals surface area contributed by atoms with Gasteiger partial charge in [-0.05, 0) is 92.7 Å². The van der Waals surface area contributed by atoms with Crippen LogP contribution < -0.4 is 4.90 Å². The first-order valence-electron chi connectivity index (χ1n) is 19.3. The van der Waals surface area contributed by atoms with E-state index < -0.39 is 0 Å². The highest BCUT2D eigenvalue weighted by Crippen LogP contribution is 2.44. The fraction of sp³-hybridized carbons (Fsp3) is 0. The molecule has 0 atom stereocenters. The van der Waals surface area contributed by atoms with E-state index in [1.807, 2.05) is 28.9 Å². The van der Waals surface area contributed by atoms with Gasteiger partial charge in [0.05, 0.1) is 5.69 Å². The van der Waals surface area contributed by atoms with Crippen molar-refractivity contribution in [3.8, 4) is 22.4 Å². The summed E-state index contributed by atoms with van der Waals surface area (Å²) in [6, 6.07) is 68.9. The summed E-state index contributed by atoms with van der Waals surface area (Å²) in [5.41, 5.74) is 7.82. The van der Waals surface area contributed by atoms with Gasteiger partial charge in [-0.2, -0.15) is 0 Å². The normalized spacial score (nSPS) is 11.9. The Morgan fingerprint density at radius 2 is 0.807 bits per heavy atom. The number of pyridine rings is 1. The zero-order valence-corrected chi connectivity index (χ0v) is 32.3. The molecule has 266 valence electrons. The van der Waals surface area contributed by atoms with Crippen LogP contribution >= 0.6 is 22.7 Å². The monoisotopic (exact) mass is 760 g/mol. The minimum Gasteiger partial charge on any atom is -0.310 e. The third kappa shape index (κ3) is 5.33. The zero-order valence-electron chi connectivity index (χ0n) is 30.7. The molecular formula is C53H32N2S2. The maximum absolute atomic E-state index is 4.75. The Morgan fingerprint density at radius 1 is 0.333 bits per heavy atom. The van der Waals surface area contributed by atoms with Crippen LogP contribution in [0.4, 0.5) is 17.1 Å². The van der Waals surface area contributed by atoms with Gasteiger partial charge in [0, 0.05) is 74.6 Å². The van der Waals surface area contributed by atoms with Gasteiger partial charge >= 0.3 is 0 Å². The molecule has 2 nitrogen and oxygen atoms in total. The molecule has 57 heavy (non-hydrogen) atoms. The first-order chi connectivity index (χ1) is 28.2. The minimum atomic E-state index is 0.984. The molecule has 0 fully saturated rings. The molecule has 9 aromatic carbocycles. The van der Waals surface area contributed by atoms with Crippen LogP contribution in [0.3, 0.4) is 0 Å². The van der Waals surface area contributed by atoms with E-state index in [2.05, 4.69) is 193 Å². The zero-order chi connectivity index (χ0) is 37.5. The molecular weight excluding hydrogens is 729 g/mol. The fourth-order valence-corrected chi connectivity index (χ4v) is 11.1. The third-order valence-corrected chi connectivity index (χ3v) is 13.9. The molecule has 4 heteroatoms. The van der Waals surface area contributed by atoms with E-state index in [4.69, 9.17) is 4.98 Å². The van der Waals surface area contributed by atoms with E-state index in [1.54, 1.807) is 0 Å². The molecule has 0 spiro atoms. The van der Waals surface area contributed by atoms with Crippen LogP contribution in [0.2, 0.25) is 0 Å². The molecule has 0 amide bonds. The first kappa shape index (κ1) is 32.4. The van der Waals surface area contributed by atoms with E-state index >= 15 is 0 Å². The molecule has 3 heterocycles. The number of benzene rings is 9. The molecule has 0 unspecified atom stereocenters. The Bertz CT molecular complexity index is 3370. The van der Waals surface area contributed by atoms with Gasteiger partial charge in [0.15, 0.2) is 0 Å². The fourth-order valence-electron chi connectivity index (χ4n) is 8.60. The van der Waals surface area contributed by atoms with Gasteiger partial charge < -0.3 is 4.90 Å². The van der Waals surface area contributed by atoms with Crippen LogP contribution in [0.15, 0.2) is 194 Å². The maximum atomic E-state index is 4.75. The van der Waals surface area contributed by atoms with Crippen LogP contribution in [0.1, 0.15) is 0 Å². The summed E-state index contributed by atoms with van der Waals surface area (Å²) in [5.74, 6) is 0. The van der Waals surface area contributed by atoms with Gasteiger partial charge in [0.1, 0.15) is 0 Å². The lowest BCUT2D eigenvalue weighted by Gasteiger charge is -2.26. The number of rotatable bonds is 5. The largest absolute Gasteiger partial charge is 0.310 e. The van der Waals surface area contributed by atoms with Crippen molar-refractivity contribution in [1.29, 1.82) is 0 Å². The molecule has 0 saturated carbocycles. The summed E-state index contributed by atoms with van der Waals surface area (Å²) in [7, 11) is 0. The molecule has 3 aromatic heterocycles. The standard InChI is InChI=1S/C53H32N2S2/c1-2-8-39-32-54-49(31-36(39)7-1)35-15-13-33(14-16-35)34-17-21-40(22-18-34)55(41-23-27-43-37(29-41)19-25-47-45-9-3-5-11-50(45)56-52(43)47)42-24-28-44-38(30-42)20-26-48-46-10-4-6-12-51(46)57-53(44)48/h1-32H. The van der Waals surface area contributed by atoms with E-state index in [-0.39, 0.29) is 0 Å². The average Bonchev–Trinajstić information content (AvgIpc) is 3.86. The molecule has 0 aliphatic rings. The third-order valence-electron chi connectivity index (χ3n) is 11.5. The van der Waals surface area contributed by atoms with Crippen LogP contribution in [0.25, 0.3) is 95.0 Å². The lowest BCUT2D eigenvalue weighted by Crippen LogP contribution is -2.09. The Kier molecular flexibility index (Phi) is 7.31. The van der Waals surface area contributed by atoms with Gasteiger partial charge in [0.25, 0.3) is 0 Å². The number of anilines is 3. The highest BCUT2D eigenvalue weighted by molar-refractivity contribution is 7.27. The van der Waals surface area contributed by atoms with Crippen molar-refractivity contribution in [2.45, 2.75) is 0 Å². The van der Waals surface area contributed by atoms with Crippen LogP contribution in [0.5, 0.6) is 0 Å². The predicted octanol–water partition coefficient (Wildman–Crippen LogP) is 16.1. The molecule has 12 rings (SSSR count). The molecule has 0 aliphatic heterocycles. The molecule has 0 radical (unpaired) electrons. The molecule has 0 bridgehead atoms. The van der Waals surface area contributed by atoms with Crippen molar-refractivity contribution >= 4 is 112 Å². The average molecular weight is 761 g/mol. The molecule has 0 saturated heterocycles. The number of fused-ring (bicyclic) bond motifs is 11. The lowest BCUT2D eigenvalue weighted by molar-refractivity contribution is 1.29. The summed E-state index contributed by atoms with van der Waals surface area (Å²) in [4.78, 5) is 7.16. The SMILES string of the molecule is c1ccc2cc(-c3ccc(-c4ccc(N(c5ccc6c(ccc7c8ccccc8sc67)c5)c5ccc6c(ccc7c8ccccc8sc67)c5)cc4)cc3)ncc2c1. The number of hydrogen-bond donors (Lipinski definition) is 0. The van der Waals surface area contributed by atoms with E-state index in [0.717, 1.165) is 33.7 Å². The second kappa shape index (κ2) is 12.9. The van der Waals surface area contributed by atoms with E-state index in [1.165, 1.54) is 78.4 Å². The van der Waals surface area contributed by atoms with Crippen molar-refractivity contribution in [3.63, 3.8) is 0 Å². The lowest BCUT2D eigenvalue weighted by atomic mass is 10.0. The van der Waals surface area contributed by atoms with Crippen molar-refractivity contribution < 1.29 is 0 Å². The second-order valence-corrected chi connectivity index (χ2v) is 16.9. The van der Waals surface area contributed by atoms with Gasteiger partial charge in [-0.1, -0.05) is 133 Å². The number of aromatic nitrogens is 1. The van der Waals surface area contributed by atoms with Gasteiger partial charge in [-0.15, -0.1) is 22.7 Å². The maximum Gasteiger partial charge on any atom is 0.0708 e. The van der Waals surface area contributed by atoms with Crippen molar-refractivity contribution in [3.05, 3.63) is 194 Å². The van der Waals surface area contributed by atoms with Gasteiger partial charge in [-0.25, -0.2) is 0 Å². The van der Waals surface area contributed by atoms with E-state index in [0.29, 0.717) is 0 Å². The molecule has 0 aliphatic carbocycles. The van der Waals surface area contributed by atoms with Crippen molar-refractivity contribution in [1.82, 2.24) is 4.98 Å². The number of nitrogens with zero attached hydrogens (tertiary/aromatic N) is 2. The molecule has 0 N–H and O–H groups in total. The quantitative estimate of drug-likeness (QED) is 0.174. The Balaban J connectivity index is 0.957. The van der Waals surface area contributed by atoms with Gasteiger partial charge in [-0.3, -0.25) is 4.98 Å². The Hall–Kier alpha value is -6.85. The van der Waals surface area contributed by atoms with Crippen molar-refractivity contribution in [2.24, 2.45) is 0 Å². The number of thiophene rings is 2. The summed E-state index contributed by atoms with van der Waals surface area (Å²) in [6.07, 6.45) is 1.96. The van der Waals surface area contributed by atoms with Crippen molar-refractivity contribution in [2.75, 3.05) is 4.90 Å². The molecule has 12 aromatic rings. The van der Waals surface area contributed by atoms with Crippen LogP contribution in [-0.4, -0.2) is 4.98 Å². The summed E-state index contributed by atoms with van der Waals surface area (Å²) >= 11 is 3.77. The second-order valence-electron chi connectivity index (χ2n) is 14.8. The highest BCUT2D eigenvalue weighted by Gasteiger charge is 2.17. The van der Waals surface area contributed by atoms with Gasteiger partial charge in [0.2, 0.25) is 0 Å². The van der Waals surface area contributed by atoms with Crippen LogP contribution in [-0.2, 0) is 0 Å². The minimum absolute atomic E-state index is 0.984. The first-order valence-corrected chi connectivity index (χ1v) is 20.9. The summed E-state index contributed by atoms with van der Waals surface area (Å²) in [6.45, 7) is 0.